The lowest BCUT2D eigenvalue weighted by molar-refractivity contribution is 0.516. The van der Waals surface area contributed by atoms with Crippen molar-refractivity contribution in [2.24, 2.45) is 23.7 Å². The van der Waals surface area contributed by atoms with Crippen LogP contribution >= 0.6 is 0 Å². The molecule has 186 valence electrons. The van der Waals surface area contributed by atoms with Gasteiger partial charge < -0.3 is 0 Å². The summed E-state index contributed by atoms with van der Waals surface area (Å²) in [5, 5.41) is 0. The molecule has 0 saturated heterocycles. The Labute approximate surface area is 226 Å². The fourth-order valence-corrected chi connectivity index (χ4v) is 8.29. The Kier molecular flexibility index (Phi) is 5.28. The second kappa shape index (κ2) is 8.98. The number of hydrogen-bond donors (Lipinski definition) is 0. The predicted molar refractivity (Wildman–Crippen MR) is 159 cm³/mol. The summed E-state index contributed by atoms with van der Waals surface area (Å²) < 4.78 is 0. The summed E-state index contributed by atoms with van der Waals surface area (Å²) in [6.07, 6.45) is 33.1. The highest BCUT2D eigenvalue weighted by molar-refractivity contribution is 5.65. The third-order valence-electron chi connectivity index (χ3n) is 9.97. The van der Waals surface area contributed by atoms with E-state index in [9.17, 15) is 0 Å². The molecule has 0 spiro atoms. The Morgan fingerprint density at radius 2 is 0.895 bits per heavy atom. The van der Waals surface area contributed by atoms with Gasteiger partial charge in [0, 0.05) is 23.7 Å². The Bertz CT molecular complexity index is 1390. The molecule has 0 fully saturated rings. The Morgan fingerprint density at radius 1 is 0.474 bits per heavy atom. The zero-order valence-electron chi connectivity index (χ0n) is 21.8. The molecule has 6 unspecified atom stereocenters. The normalized spacial score (nSPS) is 32.0. The molecule has 2 aromatic rings. The maximum Gasteiger partial charge on any atom is 0.0161 e. The van der Waals surface area contributed by atoms with Crippen molar-refractivity contribution in [2.45, 2.75) is 37.5 Å². The van der Waals surface area contributed by atoms with Crippen molar-refractivity contribution >= 4 is 0 Å². The van der Waals surface area contributed by atoms with Gasteiger partial charge >= 0.3 is 0 Å². The molecule has 0 aromatic heterocycles. The average molecular weight is 491 g/mol. The molecule has 0 radical (unpaired) electrons. The molecule has 0 bridgehead atoms. The highest BCUT2D eigenvalue weighted by Gasteiger charge is 2.42. The van der Waals surface area contributed by atoms with Gasteiger partial charge in [0.15, 0.2) is 0 Å². The number of rotatable bonds is 3. The lowest BCUT2D eigenvalue weighted by Crippen LogP contribution is -2.15. The molecule has 8 rings (SSSR count). The first-order valence-electron chi connectivity index (χ1n) is 14.6. The Hall–Kier alpha value is -3.64. The molecule has 0 saturated carbocycles. The summed E-state index contributed by atoms with van der Waals surface area (Å²) in [7, 11) is 0. The molecule has 38 heavy (non-hydrogen) atoms. The van der Waals surface area contributed by atoms with Gasteiger partial charge in [-0.1, -0.05) is 133 Å². The summed E-state index contributed by atoms with van der Waals surface area (Å²) in [5.41, 5.74) is 12.0. The summed E-state index contributed by atoms with van der Waals surface area (Å²) >= 11 is 0. The molecular weight excluding hydrogens is 456 g/mol. The summed E-state index contributed by atoms with van der Waals surface area (Å²) in [6, 6.07) is 18.9. The van der Waals surface area contributed by atoms with Crippen LogP contribution in [0.5, 0.6) is 0 Å². The van der Waals surface area contributed by atoms with Crippen LogP contribution in [0.25, 0.3) is 11.1 Å². The van der Waals surface area contributed by atoms with Gasteiger partial charge in [0.25, 0.3) is 0 Å². The Morgan fingerprint density at radius 3 is 1.34 bits per heavy atom. The van der Waals surface area contributed by atoms with Gasteiger partial charge in [-0.2, -0.15) is 0 Å². The molecule has 0 aliphatic heterocycles. The van der Waals surface area contributed by atoms with Gasteiger partial charge in [-0.15, -0.1) is 0 Å². The molecule has 0 nitrogen and oxygen atoms in total. The SMILES string of the molecule is C1=CC2C3=C(C=CCC3)C(c3ccc(-c4ccc(C5C6=C(CCC=C6)C6C=CC=CC65)cc4)cc3)C2C=C1. The fraction of sp³-hybridized carbons (Fsp3) is 0.263. The summed E-state index contributed by atoms with van der Waals surface area (Å²) in [4.78, 5) is 0. The number of hydrogen-bond acceptors (Lipinski definition) is 0. The molecular formula is C38H34. The molecule has 0 heterocycles. The van der Waals surface area contributed by atoms with Gasteiger partial charge in [0.2, 0.25) is 0 Å². The highest BCUT2D eigenvalue weighted by atomic mass is 14.5. The van der Waals surface area contributed by atoms with E-state index in [-0.39, 0.29) is 0 Å². The number of benzene rings is 2. The summed E-state index contributed by atoms with van der Waals surface area (Å²) in [6.45, 7) is 0. The highest BCUT2D eigenvalue weighted by Crippen LogP contribution is 2.54. The van der Waals surface area contributed by atoms with Crippen molar-refractivity contribution in [3.63, 3.8) is 0 Å². The van der Waals surface area contributed by atoms with Gasteiger partial charge in [-0.05, 0) is 70.9 Å². The first kappa shape index (κ1) is 22.4. The van der Waals surface area contributed by atoms with Crippen LogP contribution in [0.2, 0.25) is 0 Å². The monoisotopic (exact) mass is 490 g/mol. The predicted octanol–water partition coefficient (Wildman–Crippen LogP) is 9.56. The van der Waals surface area contributed by atoms with Gasteiger partial charge in [0.1, 0.15) is 0 Å². The standard InChI is InChI=1S/C38H34/c1-5-13-33-29(9-1)30-10-2-6-14-34(30)37(33)27-21-17-25(18-22-27)26-19-23-28(24-20-26)38-35-15-7-3-11-31(35)32-12-4-8-16-36(32)38/h1,3,5-9,11,13-24,29,31,33,35,37-38H,2,4,10,12H2. The van der Waals surface area contributed by atoms with Crippen molar-refractivity contribution in [3.05, 3.63) is 155 Å². The van der Waals surface area contributed by atoms with E-state index in [1.807, 2.05) is 0 Å². The molecule has 6 aliphatic rings. The lowest BCUT2D eigenvalue weighted by Gasteiger charge is -2.25. The lowest BCUT2D eigenvalue weighted by atomic mass is 9.78. The van der Waals surface area contributed by atoms with Gasteiger partial charge in [-0.3, -0.25) is 0 Å². The second-order valence-corrected chi connectivity index (χ2v) is 11.8. The van der Waals surface area contributed by atoms with E-state index in [0.717, 1.165) is 0 Å². The molecule has 0 amide bonds. The van der Waals surface area contributed by atoms with Crippen LogP contribution in [-0.2, 0) is 0 Å². The third kappa shape index (κ3) is 3.43. The van der Waals surface area contributed by atoms with E-state index in [4.69, 9.17) is 0 Å². The number of fused-ring (bicyclic) bond motifs is 4. The van der Waals surface area contributed by atoms with Crippen LogP contribution in [0.15, 0.2) is 144 Å². The first-order chi connectivity index (χ1) is 18.9. The van der Waals surface area contributed by atoms with Crippen LogP contribution in [0, 0.1) is 23.7 Å². The van der Waals surface area contributed by atoms with E-state index >= 15 is 0 Å². The minimum Gasteiger partial charge on any atom is -0.0839 e. The van der Waals surface area contributed by atoms with Crippen molar-refractivity contribution in [1.29, 1.82) is 0 Å². The van der Waals surface area contributed by atoms with E-state index in [2.05, 4.69) is 121 Å². The minimum absolute atomic E-state index is 0.475. The van der Waals surface area contributed by atoms with Crippen molar-refractivity contribution in [1.82, 2.24) is 0 Å². The van der Waals surface area contributed by atoms with E-state index in [1.165, 1.54) is 47.9 Å². The molecule has 0 heteroatoms. The molecule has 6 aliphatic carbocycles. The third-order valence-corrected chi connectivity index (χ3v) is 9.97. The van der Waals surface area contributed by atoms with Crippen molar-refractivity contribution in [2.75, 3.05) is 0 Å². The molecule has 6 atom stereocenters. The van der Waals surface area contributed by atoms with Crippen molar-refractivity contribution < 1.29 is 0 Å². The quantitative estimate of drug-likeness (QED) is 0.402. The zero-order valence-corrected chi connectivity index (χ0v) is 21.8. The second-order valence-electron chi connectivity index (χ2n) is 11.8. The molecule has 0 N–H and O–H groups in total. The molecule has 2 aromatic carbocycles. The maximum absolute atomic E-state index is 2.45. The van der Waals surface area contributed by atoms with E-state index in [1.54, 1.807) is 22.3 Å². The van der Waals surface area contributed by atoms with Gasteiger partial charge in [-0.25, -0.2) is 0 Å². The summed E-state index contributed by atoms with van der Waals surface area (Å²) in [5.74, 6) is 3.23. The van der Waals surface area contributed by atoms with E-state index in [0.29, 0.717) is 35.5 Å². The smallest absolute Gasteiger partial charge is 0.0161 e. The Balaban J connectivity index is 1.08. The van der Waals surface area contributed by atoms with Crippen LogP contribution in [0.4, 0.5) is 0 Å². The average Bonchev–Trinajstić information content (AvgIpc) is 3.51. The first-order valence-corrected chi connectivity index (χ1v) is 14.6. The van der Waals surface area contributed by atoms with E-state index < -0.39 is 0 Å². The number of allylic oxidation sites excluding steroid dienone is 16. The van der Waals surface area contributed by atoms with Gasteiger partial charge in [0.05, 0.1) is 0 Å². The fourth-order valence-electron chi connectivity index (χ4n) is 8.29. The van der Waals surface area contributed by atoms with Crippen LogP contribution < -0.4 is 0 Å². The maximum atomic E-state index is 2.45. The van der Waals surface area contributed by atoms with Crippen LogP contribution in [0.3, 0.4) is 0 Å². The van der Waals surface area contributed by atoms with Crippen molar-refractivity contribution in [3.8, 4) is 11.1 Å². The van der Waals surface area contributed by atoms with Crippen LogP contribution in [0.1, 0.15) is 48.6 Å². The topological polar surface area (TPSA) is 0 Å². The zero-order chi connectivity index (χ0) is 25.1. The minimum atomic E-state index is 0.475. The largest absolute Gasteiger partial charge is 0.0839 e. The van der Waals surface area contributed by atoms with Crippen LogP contribution in [-0.4, -0.2) is 0 Å².